The summed E-state index contributed by atoms with van der Waals surface area (Å²) in [5, 5.41) is 2.83. The largest absolute Gasteiger partial charge is 0.490 e. The molecule has 0 heterocycles. The molecule has 0 aliphatic heterocycles. The number of ether oxygens (including phenoxy) is 2. The van der Waals surface area contributed by atoms with Crippen LogP contribution in [0.1, 0.15) is 50.8 Å². The predicted octanol–water partition coefficient (Wildman–Crippen LogP) is 4.28. The molecule has 32 heavy (non-hydrogen) atoms. The summed E-state index contributed by atoms with van der Waals surface area (Å²) in [5.41, 5.74) is 3.12. The molecule has 2 rings (SSSR count). The molecule has 0 fully saturated rings. The van der Waals surface area contributed by atoms with Crippen LogP contribution in [0.4, 0.5) is 0 Å². The summed E-state index contributed by atoms with van der Waals surface area (Å²) in [6.07, 6.45) is 0.854. The monoisotopic (exact) mass is 440 g/mol. The lowest BCUT2D eigenvalue weighted by molar-refractivity contribution is -0.140. The number of nitrogens with zero attached hydrogens (tertiary/aromatic N) is 1. The minimum Gasteiger partial charge on any atom is -0.490 e. The third-order valence-corrected chi connectivity index (χ3v) is 5.19. The van der Waals surface area contributed by atoms with E-state index in [0.29, 0.717) is 50.6 Å². The van der Waals surface area contributed by atoms with Gasteiger partial charge in [-0.2, -0.15) is 0 Å². The first-order valence-electron chi connectivity index (χ1n) is 11.4. The van der Waals surface area contributed by atoms with Crippen LogP contribution in [0.5, 0.6) is 11.5 Å². The van der Waals surface area contributed by atoms with Crippen molar-refractivity contribution in [2.45, 2.75) is 60.0 Å². The molecule has 0 aromatic heterocycles. The van der Waals surface area contributed by atoms with Crippen LogP contribution in [0.2, 0.25) is 0 Å². The summed E-state index contributed by atoms with van der Waals surface area (Å²) in [5.74, 6) is 1.19. The highest BCUT2D eigenvalue weighted by molar-refractivity contribution is 5.87. The van der Waals surface area contributed by atoms with E-state index in [1.54, 1.807) is 11.8 Å². The van der Waals surface area contributed by atoms with Crippen molar-refractivity contribution in [1.29, 1.82) is 0 Å². The third-order valence-electron chi connectivity index (χ3n) is 5.19. The van der Waals surface area contributed by atoms with Gasteiger partial charge in [-0.25, -0.2) is 0 Å². The Hall–Kier alpha value is -3.02. The van der Waals surface area contributed by atoms with Gasteiger partial charge in [-0.15, -0.1) is 0 Å². The van der Waals surface area contributed by atoms with Gasteiger partial charge < -0.3 is 19.7 Å². The number of hydrogen-bond acceptors (Lipinski definition) is 4. The summed E-state index contributed by atoms with van der Waals surface area (Å²) >= 11 is 0. The Bertz CT molecular complexity index is 897. The Morgan fingerprint density at radius 1 is 0.969 bits per heavy atom. The van der Waals surface area contributed by atoms with Crippen LogP contribution >= 0.6 is 0 Å². The Labute approximate surface area is 191 Å². The molecule has 2 aromatic rings. The zero-order valence-electron chi connectivity index (χ0n) is 19.9. The van der Waals surface area contributed by atoms with E-state index >= 15 is 0 Å². The fraction of sp³-hybridized carbons (Fsp3) is 0.462. The van der Waals surface area contributed by atoms with Crippen LogP contribution in [0.25, 0.3) is 0 Å². The molecule has 1 N–H and O–H groups in total. The van der Waals surface area contributed by atoms with E-state index in [0.717, 1.165) is 16.7 Å². The van der Waals surface area contributed by atoms with Crippen LogP contribution in [0, 0.1) is 6.92 Å². The smallest absolute Gasteiger partial charge is 0.242 e. The van der Waals surface area contributed by atoms with E-state index in [4.69, 9.17) is 9.47 Å². The van der Waals surface area contributed by atoms with E-state index in [-0.39, 0.29) is 11.8 Å². The fourth-order valence-electron chi connectivity index (χ4n) is 3.56. The maximum absolute atomic E-state index is 13.2. The summed E-state index contributed by atoms with van der Waals surface area (Å²) in [7, 11) is 0. The lowest BCUT2D eigenvalue weighted by atomic mass is 10.1. The number of carbonyl (C=O) groups excluding carboxylic acids is 2. The molecule has 0 aliphatic rings. The Kier molecular flexibility index (Phi) is 10.1. The molecular formula is C26H36N2O4. The second-order valence-electron chi connectivity index (χ2n) is 7.73. The summed E-state index contributed by atoms with van der Waals surface area (Å²) < 4.78 is 11.3. The number of likely N-dealkylation sites (N-methyl/N-ethyl adjacent to an activating group) is 1. The third kappa shape index (κ3) is 7.29. The first kappa shape index (κ1) is 25.2. The molecule has 0 bridgehead atoms. The molecule has 0 saturated carbocycles. The van der Waals surface area contributed by atoms with Gasteiger partial charge in [0.05, 0.1) is 13.2 Å². The van der Waals surface area contributed by atoms with Gasteiger partial charge in [0.25, 0.3) is 0 Å². The lowest BCUT2D eigenvalue weighted by Crippen LogP contribution is -2.47. The van der Waals surface area contributed by atoms with Gasteiger partial charge in [-0.05, 0) is 64.3 Å². The number of benzene rings is 2. The number of rotatable bonds is 12. The molecule has 0 aliphatic carbocycles. The number of carbonyl (C=O) groups is 2. The van der Waals surface area contributed by atoms with Crippen molar-refractivity contribution >= 4 is 11.8 Å². The minimum atomic E-state index is -0.553. The van der Waals surface area contributed by atoms with Crippen molar-refractivity contribution in [1.82, 2.24) is 10.2 Å². The zero-order valence-corrected chi connectivity index (χ0v) is 19.9. The highest BCUT2D eigenvalue weighted by Gasteiger charge is 2.25. The van der Waals surface area contributed by atoms with Crippen LogP contribution in [0.15, 0.2) is 42.5 Å². The number of amides is 2. The van der Waals surface area contributed by atoms with Crippen LogP contribution in [-0.4, -0.2) is 42.5 Å². The molecule has 0 saturated heterocycles. The van der Waals surface area contributed by atoms with Gasteiger partial charge >= 0.3 is 0 Å². The number of aryl methyl sites for hydroxylation is 2. The molecule has 174 valence electrons. The molecule has 6 heteroatoms. The van der Waals surface area contributed by atoms with E-state index in [1.807, 2.05) is 70.2 Å². The maximum Gasteiger partial charge on any atom is 0.242 e. The first-order valence-corrected chi connectivity index (χ1v) is 11.4. The van der Waals surface area contributed by atoms with Crippen molar-refractivity contribution in [2.24, 2.45) is 0 Å². The molecule has 0 spiro atoms. The van der Waals surface area contributed by atoms with Crippen molar-refractivity contribution < 1.29 is 19.1 Å². The SMILES string of the molecule is CCNC(=O)[C@@H](C)N(Cc1cccc(C)c1)C(=O)CCc1ccc(OCC)c(OCC)c1. The standard InChI is InChI=1S/C26H36N2O4/c1-6-27-26(30)20(5)28(18-22-11-9-10-19(4)16-22)25(29)15-13-21-12-14-23(31-7-2)24(17-21)32-8-3/h9-12,14,16-17,20H,6-8,13,15,18H2,1-5H3,(H,27,30)/t20-/m1/s1. The van der Waals surface area contributed by atoms with E-state index < -0.39 is 6.04 Å². The molecule has 0 unspecified atom stereocenters. The lowest BCUT2D eigenvalue weighted by Gasteiger charge is -2.29. The molecule has 0 radical (unpaired) electrons. The van der Waals surface area contributed by atoms with E-state index in [9.17, 15) is 9.59 Å². The normalized spacial score (nSPS) is 11.5. The predicted molar refractivity (Wildman–Crippen MR) is 127 cm³/mol. The average Bonchev–Trinajstić information content (AvgIpc) is 2.77. The zero-order chi connectivity index (χ0) is 23.5. The summed E-state index contributed by atoms with van der Waals surface area (Å²) in [6.45, 7) is 11.6. The average molecular weight is 441 g/mol. The molecule has 6 nitrogen and oxygen atoms in total. The van der Waals surface area contributed by atoms with Gasteiger partial charge in [-0.1, -0.05) is 35.9 Å². The van der Waals surface area contributed by atoms with Crippen molar-refractivity contribution in [3.05, 3.63) is 59.2 Å². The van der Waals surface area contributed by atoms with Crippen LogP contribution in [0.3, 0.4) is 0 Å². The highest BCUT2D eigenvalue weighted by atomic mass is 16.5. The quantitative estimate of drug-likeness (QED) is 0.535. The van der Waals surface area contributed by atoms with E-state index in [1.165, 1.54) is 0 Å². The molecule has 1 atom stereocenters. The van der Waals surface area contributed by atoms with Gasteiger partial charge in [0.1, 0.15) is 6.04 Å². The van der Waals surface area contributed by atoms with Crippen molar-refractivity contribution in [3.8, 4) is 11.5 Å². The highest BCUT2D eigenvalue weighted by Crippen LogP contribution is 2.29. The van der Waals surface area contributed by atoms with Gasteiger partial charge in [0, 0.05) is 19.5 Å². The molecule has 2 aromatic carbocycles. The van der Waals surface area contributed by atoms with Gasteiger partial charge in [-0.3, -0.25) is 9.59 Å². The van der Waals surface area contributed by atoms with Gasteiger partial charge in [0.15, 0.2) is 11.5 Å². The Balaban J connectivity index is 2.16. The van der Waals surface area contributed by atoms with Crippen molar-refractivity contribution in [3.63, 3.8) is 0 Å². The molecule has 2 amide bonds. The topological polar surface area (TPSA) is 67.9 Å². The number of hydrogen-bond donors (Lipinski definition) is 1. The second kappa shape index (κ2) is 12.7. The fourth-order valence-corrected chi connectivity index (χ4v) is 3.56. The maximum atomic E-state index is 13.2. The van der Waals surface area contributed by atoms with Gasteiger partial charge in [0.2, 0.25) is 11.8 Å². The van der Waals surface area contributed by atoms with Crippen LogP contribution in [-0.2, 0) is 22.6 Å². The molecular weight excluding hydrogens is 404 g/mol. The summed E-state index contributed by atoms with van der Waals surface area (Å²) in [4.78, 5) is 27.4. The van der Waals surface area contributed by atoms with E-state index in [2.05, 4.69) is 5.32 Å². The van der Waals surface area contributed by atoms with Crippen LogP contribution < -0.4 is 14.8 Å². The minimum absolute atomic E-state index is 0.0582. The second-order valence-corrected chi connectivity index (χ2v) is 7.73. The number of nitrogens with one attached hydrogen (secondary N) is 1. The Morgan fingerprint density at radius 3 is 2.34 bits per heavy atom. The Morgan fingerprint density at radius 2 is 1.69 bits per heavy atom. The van der Waals surface area contributed by atoms with Crippen molar-refractivity contribution in [2.75, 3.05) is 19.8 Å². The summed E-state index contributed by atoms with van der Waals surface area (Å²) in [6, 6.07) is 13.2. The first-order chi connectivity index (χ1) is 15.4.